The molecule has 0 bridgehead atoms. The summed E-state index contributed by atoms with van der Waals surface area (Å²) in [6.07, 6.45) is -8.60. The van der Waals surface area contributed by atoms with Gasteiger partial charge >= 0.3 is 12.1 Å². The second-order valence-electron chi connectivity index (χ2n) is 6.80. The van der Waals surface area contributed by atoms with Crippen LogP contribution in [0.15, 0.2) is 28.7 Å². The Bertz CT molecular complexity index is 976. The molecule has 2 rings (SSSR count). The summed E-state index contributed by atoms with van der Waals surface area (Å²) in [5, 5.41) is 0. The maximum absolute atomic E-state index is 13.9. The first-order valence-corrected chi connectivity index (χ1v) is 9.89. The van der Waals surface area contributed by atoms with Crippen molar-refractivity contribution in [2.45, 2.75) is 32.9 Å². The number of methoxy groups -OCH3 is 1. The Labute approximate surface area is 183 Å². The molecule has 162 valence electrons. The second-order valence-corrected chi connectivity index (χ2v) is 8.13. The van der Waals surface area contributed by atoms with Crippen LogP contribution in [0, 0.1) is 5.92 Å². The fourth-order valence-corrected chi connectivity index (χ4v) is 3.72. The number of ether oxygens (including phenoxy) is 1. The maximum Gasteiger partial charge on any atom is 0.434 e. The van der Waals surface area contributed by atoms with Gasteiger partial charge in [-0.25, -0.2) is 18.6 Å². The lowest BCUT2D eigenvalue weighted by molar-refractivity contribution is -0.141. The molecule has 0 unspecified atom stereocenters. The highest BCUT2D eigenvalue weighted by Gasteiger charge is 2.41. The van der Waals surface area contributed by atoms with Crippen LogP contribution in [-0.2, 0) is 17.3 Å². The SMILES string of the molecule is COC(=O)c1c(C(F)F)nc(C(F)(F)F)c(C(=S)c2cccc(Br)c2)c1CC(C)C. The average molecular weight is 510 g/mol. The van der Waals surface area contributed by atoms with Gasteiger partial charge in [0.25, 0.3) is 6.43 Å². The molecular weight excluding hydrogens is 493 g/mol. The molecule has 1 heterocycles. The van der Waals surface area contributed by atoms with E-state index in [2.05, 4.69) is 25.7 Å². The van der Waals surface area contributed by atoms with Crippen LogP contribution in [0.4, 0.5) is 22.0 Å². The number of esters is 1. The van der Waals surface area contributed by atoms with E-state index in [9.17, 15) is 26.7 Å². The van der Waals surface area contributed by atoms with Crippen LogP contribution >= 0.6 is 28.1 Å². The zero-order valence-corrected chi connectivity index (χ0v) is 18.5. The van der Waals surface area contributed by atoms with Crippen LogP contribution < -0.4 is 0 Å². The van der Waals surface area contributed by atoms with Gasteiger partial charge < -0.3 is 4.74 Å². The van der Waals surface area contributed by atoms with Crippen LogP contribution in [0.25, 0.3) is 0 Å². The van der Waals surface area contributed by atoms with Gasteiger partial charge in [-0.05, 0) is 35.6 Å². The van der Waals surface area contributed by atoms with Gasteiger partial charge in [0.15, 0.2) is 5.69 Å². The van der Waals surface area contributed by atoms with Gasteiger partial charge in [-0.15, -0.1) is 0 Å². The first kappa shape index (κ1) is 24.3. The number of halogens is 6. The van der Waals surface area contributed by atoms with Crippen molar-refractivity contribution in [3.63, 3.8) is 0 Å². The molecular formula is C20H17BrF5NO2S. The Kier molecular flexibility index (Phi) is 7.68. The second kappa shape index (κ2) is 9.47. The Morgan fingerprint density at radius 2 is 1.87 bits per heavy atom. The summed E-state index contributed by atoms with van der Waals surface area (Å²) < 4.78 is 74.1. The Morgan fingerprint density at radius 1 is 1.23 bits per heavy atom. The van der Waals surface area contributed by atoms with E-state index >= 15 is 0 Å². The smallest absolute Gasteiger partial charge is 0.434 e. The number of aromatic nitrogens is 1. The fraction of sp³-hybridized carbons (Fsp3) is 0.350. The number of nitrogens with zero attached hydrogens (tertiary/aromatic N) is 1. The molecule has 2 aromatic rings. The van der Waals surface area contributed by atoms with E-state index < -0.39 is 41.1 Å². The van der Waals surface area contributed by atoms with Crippen molar-refractivity contribution >= 4 is 39.0 Å². The normalized spacial score (nSPS) is 11.8. The van der Waals surface area contributed by atoms with Crippen molar-refractivity contribution in [1.82, 2.24) is 4.98 Å². The van der Waals surface area contributed by atoms with Crippen LogP contribution in [0.5, 0.6) is 0 Å². The van der Waals surface area contributed by atoms with E-state index in [4.69, 9.17) is 12.2 Å². The Balaban J connectivity index is 3.01. The van der Waals surface area contributed by atoms with Crippen molar-refractivity contribution in [2.24, 2.45) is 5.92 Å². The van der Waals surface area contributed by atoms with Gasteiger partial charge in [-0.1, -0.05) is 54.1 Å². The van der Waals surface area contributed by atoms with E-state index in [1.807, 2.05) is 0 Å². The molecule has 30 heavy (non-hydrogen) atoms. The minimum Gasteiger partial charge on any atom is -0.465 e. The number of carbonyl (C=O) groups excluding carboxylic acids is 1. The van der Waals surface area contributed by atoms with Gasteiger partial charge in [0.05, 0.1) is 17.5 Å². The summed E-state index contributed by atoms with van der Waals surface area (Å²) >= 11 is 8.56. The van der Waals surface area contributed by atoms with E-state index in [0.29, 0.717) is 4.47 Å². The minimum atomic E-state index is -5.07. The van der Waals surface area contributed by atoms with Crippen LogP contribution in [0.2, 0.25) is 0 Å². The van der Waals surface area contributed by atoms with E-state index in [1.54, 1.807) is 26.0 Å². The summed E-state index contributed by atoms with van der Waals surface area (Å²) in [4.78, 5) is 15.3. The maximum atomic E-state index is 13.9. The van der Waals surface area contributed by atoms with E-state index in [-0.39, 0.29) is 28.3 Å². The topological polar surface area (TPSA) is 39.2 Å². The number of carbonyl (C=O) groups is 1. The standard InChI is InChI=1S/C20H17BrF5NO2S/c1-9(2)7-12-13(19(28)29-3)15(18(22)23)27-17(20(24,25)26)14(12)16(30)10-5-4-6-11(21)8-10/h4-6,8-9,18H,7H2,1-3H3. The highest BCUT2D eigenvalue weighted by molar-refractivity contribution is 9.10. The lowest BCUT2D eigenvalue weighted by Gasteiger charge is -2.23. The van der Waals surface area contributed by atoms with Crippen molar-refractivity contribution in [3.8, 4) is 0 Å². The molecule has 0 aliphatic heterocycles. The molecule has 10 heteroatoms. The number of benzene rings is 1. The third kappa shape index (κ3) is 5.21. The Hall–Kier alpha value is -1.94. The summed E-state index contributed by atoms with van der Waals surface area (Å²) in [5.74, 6) is -1.47. The summed E-state index contributed by atoms with van der Waals surface area (Å²) in [6, 6.07) is 6.22. The van der Waals surface area contributed by atoms with Crippen molar-refractivity contribution in [3.05, 3.63) is 62.4 Å². The number of hydrogen-bond acceptors (Lipinski definition) is 4. The molecule has 0 atom stereocenters. The molecule has 0 N–H and O–H groups in total. The predicted molar refractivity (Wildman–Crippen MR) is 109 cm³/mol. The largest absolute Gasteiger partial charge is 0.465 e. The average Bonchev–Trinajstić information content (AvgIpc) is 2.64. The third-order valence-electron chi connectivity index (χ3n) is 4.12. The summed E-state index contributed by atoms with van der Waals surface area (Å²) in [6.45, 7) is 3.37. The molecule has 0 aliphatic rings. The quantitative estimate of drug-likeness (QED) is 0.191. The molecule has 0 saturated heterocycles. The highest BCUT2D eigenvalue weighted by Crippen LogP contribution is 2.39. The molecule has 0 spiro atoms. The number of hydrogen-bond donors (Lipinski definition) is 0. The Morgan fingerprint density at radius 3 is 2.33 bits per heavy atom. The van der Waals surface area contributed by atoms with Crippen LogP contribution in [0.1, 0.15) is 58.7 Å². The molecule has 1 aromatic heterocycles. The van der Waals surface area contributed by atoms with Crippen molar-refractivity contribution < 1.29 is 31.5 Å². The van der Waals surface area contributed by atoms with Gasteiger partial charge in [-0.2, -0.15) is 13.2 Å². The zero-order chi connectivity index (χ0) is 22.8. The van der Waals surface area contributed by atoms with Crippen LogP contribution in [-0.4, -0.2) is 22.9 Å². The predicted octanol–water partition coefficient (Wildman–Crippen LogP) is 6.55. The molecule has 0 aliphatic carbocycles. The molecule has 0 saturated carbocycles. The van der Waals surface area contributed by atoms with Gasteiger partial charge in [0, 0.05) is 10.0 Å². The van der Waals surface area contributed by atoms with Crippen LogP contribution in [0.3, 0.4) is 0 Å². The van der Waals surface area contributed by atoms with Crippen molar-refractivity contribution in [1.29, 1.82) is 0 Å². The number of thiocarbonyl (C=S) groups is 1. The molecule has 3 nitrogen and oxygen atoms in total. The van der Waals surface area contributed by atoms with E-state index in [1.165, 1.54) is 12.1 Å². The minimum absolute atomic E-state index is 0.112. The number of alkyl halides is 5. The number of pyridine rings is 1. The lowest BCUT2D eigenvalue weighted by atomic mass is 9.88. The lowest BCUT2D eigenvalue weighted by Crippen LogP contribution is -2.25. The monoisotopic (exact) mass is 509 g/mol. The fourth-order valence-electron chi connectivity index (χ4n) is 2.98. The van der Waals surface area contributed by atoms with Gasteiger partial charge in [-0.3, -0.25) is 0 Å². The first-order valence-electron chi connectivity index (χ1n) is 8.69. The molecule has 0 fully saturated rings. The number of rotatable bonds is 6. The van der Waals surface area contributed by atoms with Gasteiger partial charge in [0.1, 0.15) is 5.69 Å². The highest BCUT2D eigenvalue weighted by atomic mass is 79.9. The molecule has 0 amide bonds. The van der Waals surface area contributed by atoms with Gasteiger partial charge in [0.2, 0.25) is 0 Å². The van der Waals surface area contributed by atoms with Crippen molar-refractivity contribution in [2.75, 3.05) is 7.11 Å². The third-order valence-corrected chi connectivity index (χ3v) is 5.05. The summed E-state index contributed by atoms with van der Waals surface area (Å²) in [5.41, 5.74) is -4.07. The summed E-state index contributed by atoms with van der Waals surface area (Å²) in [7, 11) is 0.959. The molecule has 0 radical (unpaired) electrons. The first-order chi connectivity index (χ1) is 13.9. The molecule has 1 aromatic carbocycles. The van der Waals surface area contributed by atoms with E-state index in [0.717, 1.165) is 7.11 Å². The zero-order valence-electron chi connectivity index (χ0n) is 16.1.